The Balaban J connectivity index is 1.42. The van der Waals surface area contributed by atoms with E-state index in [1.165, 1.54) is 11.3 Å². The summed E-state index contributed by atoms with van der Waals surface area (Å²) in [6, 6.07) is 11.7. The third kappa shape index (κ3) is 4.41. The first-order valence-electron chi connectivity index (χ1n) is 8.97. The standard InChI is InChI=1S/C20H19N5O2S2/c1-13-6-3-4-8-17(13)25-14(2)23-24-20(25)29-12-18-22-16(11-28-18)19(26)21-10-15-7-5-9-27-15/h3-9,11H,10,12H2,1-2H3,(H,21,26). The lowest BCUT2D eigenvalue weighted by Crippen LogP contribution is -2.22. The van der Waals surface area contributed by atoms with Gasteiger partial charge in [-0.2, -0.15) is 0 Å². The van der Waals surface area contributed by atoms with Gasteiger partial charge >= 0.3 is 0 Å². The molecular weight excluding hydrogens is 406 g/mol. The zero-order valence-electron chi connectivity index (χ0n) is 16.0. The lowest BCUT2D eigenvalue weighted by molar-refractivity contribution is 0.0943. The highest BCUT2D eigenvalue weighted by Gasteiger charge is 2.15. The van der Waals surface area contributed by atoms with Crippen LogP contribution in [0.4, 0.5) is 0 Å². The molecule has 3 heterocycles. The number of furan rings is 1. The smallest absolute Gasteiger partial charge is 0.271 e. The van der Waals surface area contributed by atoms with Gasteiger partial charge < -0.3 is 9.73 Å². The normalized spacial score (nSPS) is 11.0. The van der Waals surface area contributed by atoms with Gasteiger partial charge in [-0.25, -0.2) is 4.98 Å². The molecular formula is C20H19N5O2S2. The summed E-state index contributed by atoms with van der Waals surface area (Å²) in [4.78, 5) is 16.7. The van der Waals surface area contributed by atoms with E-state index in [-0.39, 0.29) is 5.91 Å². The predicted octanol–water partition coefficient (Wildman–Crippen LogP) is 4.16. The topological polar surface area (TPSA) is 85.8 Å². The lowest BCUT2D eigenvalue weighted by atomic mass is 10.2. The number of hydrogen-bond acceptors (Lipinski definition) is 7. The molecule has 9 heteroatoms. The van der Waals surface area contributed by atoms with Gasteiger partial charge in [-0.15, -0.1) is 21.5 Å². The number of rotatable bonds is 7. The number of thiazole rings is 1. The monoisotopic (exact) mass is 425 g/mol. The maximum Gasteiger partial charge on any atom is 0.271 e. The Labute approximate surface area is 176 Å². The van der Waals surface area contributed by atoms with Crippen molar-refractivity contribution in [2.24, 2.45) is 0 Å². The Kier molecular flexibility index (Phi) is 5.77. The summed E-state index contributed by atoms with van der Waals surface area (Å²) < 4.78 is 7.27. The fourth-order valence-electron chi connectivity index (χ4n) is 2.81. The van der Waals surface area contributed by atoms with Gasteiger partial charge in [-0.1, -0.05) is 30.0 Å². The summed E-state index contributed by atoms with van der Waals surface area (Å²) in [7, 11) is 0. The molecule has 0 bridgehead atoms. The van der Waals surface area contributed by atoms with Crippen LogP contribution < -0.4 is 5.32 Å². The highest BCUT2D eigenvalue weighted by atomic mass is 32.2. The third-order valence-electron chi connectivity index (χ3n) is 4.26. The number of carbonyl (C=O) groups excluding carboxylic acids is 1. The van der Waals surface area contributed by atoms with E-state index in [4.69, 9.17) is 4.42 Å². The number of thioether (sulfide) groups is 1. The highest BCUT2D eigenvalue weighted by Crippen LogP contribution is 2.27. The van der Waals surface area contributed by atoms with Gasteiger partial charge in [0.2, 0.25) is 0 Å². The summed E-state index contributed by atoms with van der Waals surface area (Å²) >= 11 is 3.01. The summed E-state index contributed by atoms with van der Waals surface area (Å²) in [5, 5.41) is 14.8. The first kappa shape index (κ1) is 19.4. The number of hydrogen-bond donors (Lipinski definition) is 1. The SMILES string of the molecule is Cc1ccccc1-n1c(C)nnc1SCc1nc(C(=O)NCc2ccco2)cs1. The van der Waals surface area contributed by atoms with Gasteiger partial charge in [0.15, 0.2) is 5.16 Å². The Bertz CT molecular complexity index is 1120. The molecule has 0 saturated heterocycles. The van der Waals surface area contributed by atoms with E-state index in [1.54, 1.807) is 29.5 Å². The van der Waals surface area contributed by atoms with Crippen LogP contribution in [0.5, 0.6) is 0 Å². The predicted molar refractivity (Wildman–Crippen MR) is 112 cm³/mol. The van der Waals surface area contributed by atoms with E-state index in [0.717, 1.165) is 27.2 Å². The van der Waals surface area contributed by atoms with Crippen LogP contribution >= 0.6 is 23.1 Å². The molecule has 4 rings (SSSR count). The van der Waals surface area contributed by atoms with Crippen molar-refractivity contribution in [3.63, 3.8) is 0 Å². The van der Waals surface area contributed by atoms with Crippen LogP contribution in [0.2, 0.25) is 0 Å². The fraction of sp³-hybridized carbons (Fsp3) is 0.200. The summed E-state index contributed by atoms with van der Waals surface area (Å²) in [6.07, 6.45) is 1.58. The van der Waals surface area contributed by atoms with Crippen molar-refractivity contribution in [1.29, 1.82) is 0 Å². The Hall–Kier alpha value is -2.91. The van der Waals surface area contributed by atoms with Crippen molar-refractivity contribution in [2.75, 3.05) is 0 Å². The highest BCUT2D eigenvalue weighted by molar-refractivity contribution is 7.98. The van der Waals surface area contributed by atoms with Gasteiger partial charge in [-0.3, -0.25) is 9.36 Å². The number of aromatic nitrogens is 4. The van der Waals surface area contributed by atoms with Crippen molar-refractivity contribution in [2.45, 2.75) is 31.3 Å². The molecule has 1 aromatic carbocycles. The van der Waals surface area contributed by atoms with Crippen molar-refractivity contribution >= 4 is 29.0 Å². The maximum atomic E-state index is 12.3. The molecule has 3 aromatic heterocycles. The zero-order valence-corrected chi connectivity index (χ0v) is 17.6. The second kappa shape index (κ2) is 8.62. The minimum atomic E-state index is -0.215. The molecule has 29 heavy (non-hydrogen) atoms. The number of aryl methyl sites for hydroxylation is 2. The van der Waals surface area contributed by atoms with Crippen LogP contribution in [0, 0.1) is 13.8 Å². The fourth-order valence-corrected chi connectivity index (χ4v) is 4.59. The average molecular weight is 426 g/mol. The first-order chi connectivity index (χ1) is 14.1. The molecule has 0 radical (unpaired) electrons. The number of para-hydroxylation sites is 1. The second-order valence-electron chi connectivity index (χ2n) is 6.33. The van der Waals surface area contributed by atoms with Crippen LogP contribution in [0.1, 0.15) is 32.6 Å². The lowest BCUT2D eigenvalue weighted by Gasteiger charge is -2.10. The molecule has 1 N–H and O–H groups in total. The largest absolute Gasteiger partial charge is 0.467 e. The Morgan fingerprint density at radius 3 is 2.86 bits per heavy atom. The van der Waals surface area contributed by atoms with Gasteiger partial charge in [0.05, 0.1) is 24.2 Å². The Morgan fingerprint density at radius 2 is 2.07 bits per heavy atom. The van der Waals surface area contributed by atoms with Crippen LogP contribution in [-0.4, -0.2) is 25.7 Å². The molecule has 0 unspecified atom stereocenters. The molecule has 1 amide bonds. The number of carbonyl (C=O) groups is 1. The summed E-state index contributed by atoms with van der Waals surface area (Å²) in [5.74, 6) is 1.93. The number of amides is 1. The molecule has 7 nitrogen and oxygen atoms in total. The van der Waals surface area contributed by atoms with Crippen LogP contribution in [0.3, 0.4) is 0 Å². The van der Waals surface area contributed by atoms with E-state index in [0.29, 0.717) is 23.8 Å². The number of nitrogens with one attached hydrogen (secondary N) is 1. The quantitative estimate of drug-likeness (QED) is 0.448. The van der Waals surface area contributed by atoms with Crippen molar-refractivity contribution in [1.82, 2.24) is 25.1 Å². The Morgan fingerprint density at radius 1 is 1.21 bits per heavy atom. The molecule has 148 valence electrons. The van der Waals surface area contributed by atoms with Gasteiger partial charge in [-0.05, 0) is 37.6 Å². The second-order valence-corrected chi connectivity index (χ2v) is 8.21. The van der Waals surface area contributed by atoms with Crippen molar-refractivity contribution < 1.29 is 9.21 Å². The molecule has 0 aliphatic carbocycles. The minimum absolute atomic E-state index is 0.215. The molecule has 0 spiro atoms. The number of nitrogens with zero attached hydrogens (tertiary/aromatic N) is 4. The summed E-state index contributed by atoms with van der Waals surface area (Å²) in [6.45, 7) is 4.35. The van der Waals surface area contributed by atoms with Gasteiger partial charge in [0.25, 0.3) is 5.91 Å². The molecule has 0 aliphatic rings. The van der Waals surface area contributed by atoms with Crippen molar-refractivity contribution in [3.8, 4) is 5.69 Å². The van der Waals surface area contributed by atoms with Gasteiger partial charge in [0, 0.05) is 5.38 Å². The molecule has 0 fully saturated rings. The first-order valence-corrected chi connectivity index (χ1v) is 10.8. The molecule has 0 aliphatic heterocycles. The van der Waals surface area contributed by atoms with Gasteiger partial charge in [0.1, 0.15) is 22.3 Å². The molecule has 4 aromatic rings. The van der Waals surface area contributed by atoms with Crippen LogP contribution in [-0.2, 0) is 12.3 Å². The van der Waals surface area contributed by atoms with E-state index >= 15 is 0 Å². The summed E-state index contributed by atoms with van der Waals surface area (Å²) in [5.41, 5.74) is 2.63. The van der Waals surface area contributed by atoms with E-state index in [1.807, 2.05) is 29.7 Å². The zero-order chi connectivity index (χ0) is 20.2. The van der Waals surface area contributed by atoms with E-state index in [2.05, 4.69) is 39.6 Å². The maximum absolute atomic E-state index is 12.3. The van der Waals surface area contributed by atoms with E-state index < -0.39 is 0 Å². The third-order valence-corrected chi connectivity index (χ3v) is 6.24. The minimum Gasteiger partial charge on any atom is -0.467 e. The molecule has 0 atom stereocenters. The van der Waals surface area contributed by atoms with Crippen molar-refractivity contribution in [3.05, 3.63) is 75.9 Å². The van der Waals surface area contributed by atoms with E-state index in [9.17, 15) is 4.79 Å². The molecule has 0 saturated carbocycles. The number of benzene rings is 1. The van der Waals surface area contributed by atoms with Crippen LogP contribution in [0.15, 0.2) is 57.6 Å². The average Bonchev–Trinajstić information content (AvgIpc) is 3.47. The van der Waals surface area contributed by atoms with Crippen LogP contribution in [0.25, 0.3) is 5.69 Å².